The van der Waals surface area contributed by atoms with E-state index in [9.17, 15) is 4.79 Å². The van der Waals surface area contributed by atoms with Crippen molar-refractivity contribution in [1.29, 1.82) is 0 Å². The summed E-state index contributed by atoms with van der Waals surface area (Å²) in [6.45, 7) is 2.66. The molecule has 1 atom stereocenters. The average molecular weight is 328 g/mol. The van der Waals surface area contributed by atoms with Crippen LogP contribution in [0.2, 0.25) is 0 Å². The van der Waals surface area contributed by atoms with Gasteiger partial charge in [-0.25, -0.2) is 0 Å². The minimum absolute atomic E-state index is 0.0369. The van der Waals surface area contributed by atoms with Crippen LogP contribution >= 0.6 is 0 Å². The van der Waals surface area contributed by atoms with Gasteiger partial charge < -0.3 is 10.1 Å². The Morgan fingerprint density at radius 3 is 3.00 bits per heavy atom. The van der Waals surface area contributed by atoms with Crippen LogP contribution in [0.4, 0.5) is 5.69 Å². The number of carbonyl (C=O) groups excluding carboxylic acids is 1. The lowest BCUT2D eigenvalue weighted by molar-refractivity contribution is -0.117. The molecule has 1 saturated heterocycles. The summed E-state index contributed by atoms with van der Waals surface area (Å²) in [5.74, 6) is -0.0369. The molecule has 6 nitrogen and oxygen atoms in total. The second kappa shape index (κ2) is 8.08. The van der Waals surface area contributed by atoms with Crippen LogP contribution in [0.25, 0.3) is 0 Å². The highest BCUT2D eigenvalue weighted by Gasteiger charge is 2.16. The van der Waals surface area contributed by atoms with Gasteiger partial charge in [-0.2, -0.15) is 5.10 Å². The van der Waals surface area contributed by atoms with Gasteiger partial charge in [-0.1, -0.05) is 30.3 Å². The molecule has 0 radical (unpaired) electrons. The van der Waals surface area contributed by atoms with Crippen LogP contribution in [0.1, 0.15) is 18.4 Å². The second-order valence-electron chi connectivity index (χ2n) is 6.29. The van der Waals surface area contributed by atoms with E-state index in [1.807, 2.05) is 41.0 Å². The fraction of sp³-hybridized carbons (Fsp3) is 0.444. The van der Waals surface area contributed by atoms with Crippen LogP contribution in [0, 0.1) is 0 Å². The summed E-state index contributed by atoms with van der Waals surface area (Å²) in [7, 11) is 1.94. The zero-order valence-electron chi connectivity index (χ0n) is 14.0. The Labute approximate surface area is 142 Å². The van der Waals surface area contributed by atoms with Crippen molar-refractivity contribution in [2.24, 2.45) is 0 Å². The van der Waals surface area contributed by atoms with Gasteiger partial charge in [0.15, 0.2) is 0 Å². The van der Waals surface area contributed by atoms with Crippen LogP contribution in [-0.2, 0) is 22.6 Å². The summed E-state index contributed by atoms with van der Waals surface area (Å²) in [6.07, 6.45) is 5.97. The van der Waals surface area contributed by atoms with Gasteiger partial charge in [0.1, 0.15) is 0 Å². The van der Waals surface area contributed by atoms with Gasteiger partial charge in [0, 0.05) is 19.3 Å². The molecule has 1 aromatic heterocycles. The molecule has 1 aromatic carbocycles. The molecule has 0 aliphatic carbocycles. The number of benzene rings is 1. The number of carbonyl (C=O) groups is 1. The van der Waals surface area contributed by atoms with Crippen molar-refractivity contribution in [2.45, 2.75) is 32.0 Å². The zero-order valence-corrected chi connectivity index (χ0v) is 14.0. The lowest BCUT2D eigenvalue weighted by Crippen LogP contribution is -2.29. The lowest BCUT2D eigenvalue weighted by atomic mass is 10.2. The number of rotatable bonds is 7. The molecule has 0 saturated carbocycles. The number of likely N-dealkylation sites (N-methyl/N-ethyl adjacent to an activating group) is 1. The first-order chi connectivity index (χ1) is 11.7. The first-order valence-corrected chi connectivity index (χ1v) is 8.35. The third-order valence-corrected chi connectivity index (χ3v) is 4.04. The highest BCUT2D eigenvalue weighted by Crippen LogP contribution is 2.15. The molecule has 24 heavy (non-hydrogen) atoms. The molecule has 1 aliphatic rings. The highest BCUT2D eigenvalue weighted by atomic mass is 16.5. The predicted octanol–water partition coefficient (Wildman–Crippen LogP) is 2.13. The van der Waals surface area contributed by atoms with Crippen LogP contribution in [-0.4, -0.2) is 46.9 Å². The topological polar surface area (TPSA) is 59.4 Å². The van der Waals surface area contributed by atoms with E-state index < -0.39 is 0 Å². The molecule has 1 aliphatic heterocycles. The number of nitrogens with one attached hydrogen (secondary N) is 1. The first kappa shape index (κ1) is 16.7. The lowest BCUT2D eigenvalue weighted by Gasteiger charge is -2.15. The molecule has 1 N–H and O–H groups in total. The van der Waals surface area contributed by atoms with Crippen LogP contribution in [0.5, 0.6) is 0 Å². The molecule has 1 amide bonds. The molecule has 2 heterocycles. The number of nitrogens with zero attached hydrogens (tertiary/aromatic N) is 3. The smallest absolute Gasteiger partial charge is 0.238 e. The molecule has 0 unspecified atom stereocenters. The van der Waals surface area contributed by atoms with E-state index in [0.717, 1.165) is 38.2 Å². The maximum atomic E-state index is 12.2. The van der Waals surface area contributed by atoms with Gasteiger partial charge in [-0.05, 0) is 25.5 Å². The summed E-state index contributed by atoms with van der Waals surface area (Å²) in [6, 6.07) is 10.1. The Balaban J connectivity index is 1.45. The fourth-order valence-corrected chi connectivity index (χ4v) is 2.92. The third-order valence-electron chi connectivity index (χ3n) is 4.04. The summed E-state index contributed by atoms with van der Waals surface area (Å²) in [5, 5.41) is 7.19. The van der Waals surface area contributed by atoms with Crippen molar-refractivity contribution in [3.8, 4) is 0 Å². The van der Waals surface area contributed by atoms with Gasteiger partial charge in [-0.3, -0.25) is 14.4 Å². The Morgan fingerprint density at radius 1 is 1.42 bits per heavy atom. The van der Waals surface area contributed by atoms with Gasteiger partial charge in [0.05, 0.1) is 31.1 Å². The molecular formula is C18H24N4O2. The van der Waals surface area contributed by atoms with E-state index in [1.54, 1.807) is 6.20 Å². The molecule has 6 heteroatoms. The number of aromatic nitrogens is 2. The summed E-state index contributed by atoms with van der Waals surface area (Å²) < 4.78 is 7.43. The number of amides is 1. The Kier molecular flexibility index (Phi) is 5.61. The van der Waals surface area contributed by atoms with Crippen molar-refractivity contribution in [3.05, 3.63) is 48.3 Å². The number of ether oxygens (including phenoxy) is 1. The molecule has 0 spiro atoms. The largest absolute Gasteiger partial charge is 0.376 e. The van der Waals surface area contributed by atoms with Gasteiger partial charge in [0.25, 0.3) is 0 Å². The molecule has 3 rings (SSSR count). The molecule has 1 fully saturated rings. The number of hydrogen-bond acceptors (Lipinski definition) is 4. The quantitative estimate of drug-likeness (QED) is 0.846. The monoisotopic (exact) mass is 328 g/mol. The summed E-state index contributed by atoms with van der Waals surface area (Å²) >= 11 is 0. The van der Waals surface area contributed by atoms with E-state index >= 15 is 0 Å². The van der Waals surface area contributed by atoms with E-state index in [4.69, 9.17) is 4.74 Å². The summed E-state index contributed by atoms with van der Waals surface area (Å²) in [4.78, 5) is 14.1. The maximum Gasteiger partial charge on any atom is 0.238 e. The van der Waals surface area contributed by atoms with Gasteiger partial charge >= 0.3 is 0 Å². The van der Waals surface area contributed by atoms with Crippen LogP contribution in [0.3, 0.4) is 0 Å². The molecular weight excluding hydrogens is 304 g/mol. The normalized spacial score (nSPS) is 17.3. The van der Waals surface area contributed by atoms with Crippen LogP contribution in [0.15, 0.2) is 42.7 Å². The van der Waals surface area contributed by atoms with Crippen molar-refractivity contribution in [2.75, 3.05) is 25.5 Å². The minimum atomic E-state index is -0.0369. The minimum Gasteiger partial charge on any atom is -0.376 e. The van der Waals surface area contributed by atoms with Crippen molar-refractivity contribution in [1.82, 2.24) is 14.7 Å². The zero-order chi connectivity index (χ0) is 16.8. The Hall–Kier alpha value is -2.18. The number of hydrogen-bond donors (Lipinski definition) is 1. The van der Waals surface area contributed by atoms with Gasteiger partial charge in [0.2, 0.25) is 5.91 Å². The standard InChI is InChI=1S/C18H24N4O2/c1-21(11-15-6-3-2-4-7-15)14-18(23)20-16-10-19-22(12-16)13-17-8-5-9-24-17/h2-4,6-7,10,12,17H,5,8-9,11,13-14H2,1H3,(H,20,23)/t17-/m0/s1. The van der Waals surface area contributed by atoms with E-state index in [0.29, 0.717) is 6.54 Å². The third kappa shape index (κ3) is 4.91. The van der Waals surface area contributed by atoms with Crippen molar-refractivity contribution >= 4 is 11.6 Å². The molecule has 0 bridgehead atoms. The number of anilines is 1. The maximum absolute atomic E-state index is 12.2. The Morgan fingerprint density at radius 2 is 2.25 bits per heavy atom. The molecule has 2 aromatic rings. The predicted molar refractivity (Wildman–Crippen MR) is 92.6 cm³/mol. The van der Waals surface area contributed by atoms with E-state index in [1.165, 1.54) is 5.56 Å². The van der Waals surface area contributed by atoms with E-state index in [2.05, 4.69) is 22.5 Å². The Bertz CT molecular complexity index is 650. The summed E-state index contributed by atoms with van der Waals surface area (Å²) in [5.41, 5.74) is 1.92. The highest BCUT2D eigenvalue weighted by molar-refractivity contribution is 5.91. The first-order valence-electron chi connectivity index (χ1n) is 8.35. The fourth-order valence-electron chi connectivity index (χ4n) is 2.92. The van der Waals surface area contributed by atoms with E-state index in [-0.39, 0.29) is 12.0 Å². The van der Waals surface area contributed by atoms with Crippen molar-refractivity contribution < 1.29 is 9.53 Å². The average Bonchev–Trinajstić information content (AvgIpc) is 3.20. The van der Waals surface area contributed by atoms with Crippen LogP contribution < -0.4 is 5.32 Å². The van der Waals surface area contributed by atoms with Crippen molar-refractivity contribution in [3.63, 3.8) is 0 Å². The van der Waals surface area contributed by atoms with Gasteiger partial charge in [-0.15, -0.1) is 0 Å². The molecule has 128 valence electrons. The second-order valence-corrected chi connectivity index (χ2v) is 6.29. The SMILES string of the molecule is CN(CC(=O)Nc1cnn(C[C@@H]2CCCO2)c1)Cc1ccccc1.